The van der Waals surface area contributed by atoms with E-state index in [1.807, 2.05) is 56.0 Å². The third-order valence-electron chi connectivity index (χ3n) is 17.2. The van der Waals surface area contributed by atoms with Crippen LogP contribution >= 0.6 is 0 Å². The normalized spacial score (nSPS) is 20.6. The van der Waals surface area contributed by atoms with Crippen molar-refractivity contribution in [3.8, 4) is 28.5 Å². The van der Waals surface area contributed by atoms with Crippen molar-refractivity contribution in [3.63, 3.8) is 0 Å². The van der Waals surface area contributed by atoms with Crippen molar-refractivity contribution in [2.45, 2.75) is 148 Å². The Kier molecular flexibility index (Phi) is 17.1. The summed E-state index contributed by atoms with van der Waals surface area (Å²) >= 11 is 0. The molecule has 1 saturated carbocycles. The standard InChI is InChI=1S/C59H80F4N8O6Si/c1-38(2)78(39(3)4,40(5)6)27-18-42-12-11-13-43-28-46(76-37-74-10)29-47(50(42)43)52-51(60)53-48(30-64-52)54(70-32-44-14-15-45(33-70)71(44)56(73)77-57(7,8)9)66-49(65-53)34-75-36-58(19-20-58)35-68-25-23-67(24-26-68)31-41-16-21-69(22-17-41)55(72)59(61,62)63/h11-13,28-30,38-41,44-45H,14-17,19-26,31-37H2,1-10H3. The molecule has 0 radical (unpaired) electrons. The van der Waals surface area contributed by atoms with Crippen LogP contribution in [0.5, 0.6) is 5.75 Å². The van der Waals surface area contributed by atoms with E-state index in [-0.39, 0.29) is 67.2 Å². The highest BCUT2D eigenvalue weighted by Gasteiger charge is 2.48. The molecule has 6 heterocycles. The number of piperidine rings is 1. The van der Waals surface area contributed by atoms with E-state index in [4.69, 9.17) is 33.9 Å². The molecule has 424 valence electrons. The van der Waals surface area contributed by atoms with E-state index < -0.39 is 31.6 Å². The lowest BCUT2D eigenvalue weighted by atomic mass is 9.95. The zero-order valence-corrected chi connectivity index (χ0v) is 48.4. The van der Waals surface area contributed by atoms with Crippen molar-refractivity contribution in [2.24, 2.45) is 11.3 Å². The smallest absolute Gasteiger partial charge is 0.468 e. The van der Waals surface area contributed by atoms with Crippen LogP contribution in [0.15, 0.2) is 36.5 Å². The number of carbonyl (C=O) groups is 2. The van der Waals surface area contributed by atoms with Gasteiger partial charge in [-0.15, -0.1) is 5.54 Å². The van der Waals surface area contributed by atoms with E-state index in [0.717, 1.165) is 86.2 Å². The Hall–Kier alpha value is -5.13. The number of hydrogen-bond donors (Lipinski definition) is 0. The number of piperazine rings is 2. The quantitative estimate of drug-likeness (QED) is 0.0459. The molecule has 2 atom stereocenters. The number of methoxy groups -OCH3 is 1. The molecule has 78 heavy (non-hydrogen) atoms. The SMILES string of the molecule is COCOc1cc(-c2ncc3c(N4CC5CCC(C4)N5C(=O)OC(C)(C)C)nc(COCC4(CN5CCN(CC6CCN(C(=O)C(F)(F)F)CC6)CC5)CC4)nc3c2F)c2c(C#C[Si](C(C)C)(C(C)C)C(C)C)cccc2c1. The number of likely N-dealkylation sites (tertiary alicyclic amines) is 1. The van der Waals surface area contributed by atoms with Crippen LogP contribution in [-0.4, -0.2) is 164 Å². The zero-order chi connectivity index (χ0) is 55.9. The number of hydrogen-bond acceptors (Lipinski definition) is 12. The summed E-state index contributed by atoms with van der Waals surface area (Å²) in [5.74, 6) is 2.97. The minimum absolute atomic E-state index is 0.00313. The summed E-state index contributed by atoms with van der Waals surface area (Å²) in [5.41, 5.74) is 6.00. The average molecular weight is 1100 g/mol. The van der Waals surface area contributed by atoms with Crippen molar-refractivity contribution >= 4 is 47.6 Å². The molecule has 4 saturated heterocycles. The minimum Gasteiger partial charge on any atom is -0.468 e. The van der Waals surface area contributed by atoms with Gasteiger partial charge in [0.1, 0.15) is 43.1 Å². The molecule has 2 aromatic heterocycles. The first-order chi connectivity index (χ1) is 37.0. The molecule has 2 bridgehead atoms. The van der Waals surface area contributed by atoms with E-state index in [1.165, 1.54) is 0 Å². The number of fused-ring (bicyclic) bond motifs is 4. The second-order valence-corrected chi connectivity index (χ2v) is 30.3. The van der Waals surface area contributed by atoms with Gasteiger partial charge in [-0.05, 0) is 105 Å². The maximum absolute atomic E-state index is 18.1. The number of pyridine rings is 1. The lowest BCUT2D eigenvalue weighted by Gasteiger charge is -2.42. The van der Waals surface area contributed by atoms with Crippen LogP contribution < -0.4 is 9.64 Å². The molecule has 5 fully saturated rings. The number of aromatic nitrogens is 3. The Morgan fingerprint density at radius 1 is 0.872 bits per heavy atom. The number of rotatable bonds is 16. The Labute approximate surface area is 458 Å². The molecule has 0 N–H and O–H groups in total. The number of nitrogens with zero attached hydrogens (tertiary/aromatic N) is 8. The van der Waals surface area contributed by atoms with Crippen LogP contribution in [0.25, 0.3) is 32.9 Å². The molecule has 4 aromatic rings. The Morgan fingerprint density at radius 2 is 1.53 bits per heavy atom. The molecule has 5 aliphatic rings. The third kappa shape index (κ3) is 12.4. The minimum atomic E-state index is -4.83. The van der Waals surface area contributed by atoms with Gasteiger partial charge in [0.2, 0.25) is 0 Å². The number of ether oxygens (including phenoxy) is 4. The van der Waals surface area contributed by atoms with Crippen LogP contribution in [0.4, 0.5) is 28.2 Å². The molecular weight excluding hydrogens is 1020 g/mol. The summed E-state index contributed by atoms with van der Waals surface area (Å²) in [6.45, 7) is 26.3. The maximum atomic E-state index is 18.1. The van der Waals surface area contributed by atoms with Crippen LogP contribution in [0.2, 0.25) is 16.6 Å². The van der Waals surface area contributed by atoms with Gasteiger partial charge in [0, 0.05) is 101 Å². The number of carbonyl (C=O) groups excluding carboxylic acids is 2. The van der Waals surface area contributed by atoms with Crippen LogP contribution in [0, 0.1) is 28.6 Å². The fourth-order valence-electron chi connectivity index (χ4n) is 13.1. The summed E-state index contributed by atoms with van der Waals surface area (Å²) in [7, 11) is -0.608. The largest absolute Gasteiger partial charge is 0.471 e. The molecule has 1 aliphatic carbocycles. The highest BCUT2D eigenvalue weighted by atomic mass is 28.3. The number of alkyl halides is 3. The number of halogens is 4. The predicted octanol–water partition coefficient (Wildman–Crippen LogP) is 10.8. The lowest BCUT2D eigenvalue weighted by Crippen LogP contribution is -2.57. The highest BCUT2D eigenvalue weighted by molar-refractivity contribution is 6.90. The zero-order valence-electron chi connectivity index (χ0n) is 47.4. The van der Waals surface area contributed by atoms with E-state index in [9.17, 15) is 22.8 Å². The first-order valence-corrected chi connectivity index (χ1v) is 30.4. The number of amides is 2. The maximum Gasteiger partial charge on any atom is 0.471 e. The Bertz CT molecular complexity index is 2850. The second-order valence-electron chi connectivity index (χ2n) is 24.7. The monoisotopic (exact) mass is 1100 g/mol. The van der Waals surface area contributed by atoms with Crippen LogP contribution in [0.1, 0.15) is 112 Å². The topological polar surface area (TPSA) is 126 Å². The number of anilines is 1. The third-order valence-corrected chi connectivity index (χ3v) is 23.5. The summed E-state index contributed by atoms with van der Waals surface area (Å²) in [5, 5.41) is 2.05. The number of benzene rings is 2. The second kappa shape index (κ2) is 23.1. The summed E-state index contributed by atoms with van der Waals surface area (Å²) in [6.07, 6.45) is 1.31. The van der Waals surface area contributed by atoms with Crippen LogP contribution in [-0.2, 0) is 25.6 Å². The van der Waals surface area contributed by atoms with E-state index in [2.05, 4.69) is 67.7 Å². The van der Waals surface area contributed by atoms with Gasteiger partial charge >= 0.3 is 18.2 Å². The molecule has 0 spiro atoms. The fraction of sp³-hybridized carbons (Fsp3) is 0.644. The summed E-state index contributed by atoms with van der Waals surface area (Å²) in [4.78, 5) is 50.2. The van der Waals surface area contributed by atoms with Crippen molar-refractivity contribution in [1.29, 1.82) is 0 Å². The first-order valence-electron chi connectivity index (χ1n) is 28.2. The van der Waals surface area contributed by atoms with E-state index >= 15 is 4.39 Å². The highest BCUT2D eigenvalue weighted by Crippen LogP contribution is 2.47. The van der Waals surface area contributed by atoms with Crippen molar-refractivity contribution in [3.05, 3.63) is 53.7 Å². The van der Waals surface area contributed by atoms with Gasteiger partial charge in [-0.1, -0.05) is 59.6 Å². The average Bonchev–Trinajstić information content (AvgIpc) is 4.18. The molecule has 14 nitrogen and oxygen atoms in total. The lowest BCUT2D eigenvalue weighted by molar-refractivity contribution is -0.186. The van der Waals surface area contributed by atoms with Gasteiger partial charge in [0.15, 0.2) is 18.4 Å². The fourth-order valence-corrected chi connectivity index (χ4v) is 18.3. The first kappa shape index (κ1) is 57.6. The molecule has 2 amide bonds. The van der Waals surface area contributed by atoms with Gasteiger partial charge in [-0.25, -0.2) is 19.2 Å². The Morgan fingerprint density at radius 3 is 2.13 bits per heavy atom. The van der Waals surface area contributed by atoms with Crippen molar-refractivity contribution in [1.82, 2.24) is 34.6 Å². The summed E-state index contributed by atoms with van der Waals surface area (Å²) < 4.78 is 80.9. The van der Waals surface area contributed by atoms with Gasteiger partial charge in [0.25, 0.3) is 0 Å². The molecule has 2 aromatic carbocycles. The van der Waals surface area contributed by atoms with Gasteiger partial charge in [-0.2, -0.15) is 13.2 Å². The molecule has 19 heteroatoms. The molecular formula is C59H80F4N8O6Si. The molecule has 2 unspecified atom stereocenters. The Balaban J connectivity index is 0.991. The molecule has 4 aliphatic heterocycles. The van der Waals surface area contributed by atoms with Gasteiger partial charge in [0.05, 0.1) is 24.1 Å². The summed E-state index contributed by atoms with van der Waals surface area (Å²) in [6, 6.07) is 9.46. The van der Waals surface area contributed by atoms with Crippen LogP contribution in [0.3, 0.4) is 0 Å². The van der Waals surface area contributed by atoms with E-state index in [0.29, 0.717) is 77.5 Å². The van der Waals surface area contributed by atoms with Gasteiger partial charge in [-0.3, -0.25) is 14.7 Å². The van der Waals surface area contributed by atoms with Gasteiger partial charge < -0.3 is 38.5 Å². The molecule has 9 rings (SSSR count). The van der Waals surface area contributed by atoms with Crippen molar-refractivity contribution in [2.75, 3.05) is 90.9 Å². The predicted molar refractivity (Wildman–Crippen MR) is 297 cm³/mol. The van der Waals surface area contributed by atoms with E-state index in [1.54, 1.807) is 13.3 Å². The van der Waals surface area contributed by atoms with Crippen molar-refractivity contribution < 1.29 is 46.1 Å².